The molecule has 1 aliphatic carbocycles. The summed E-state index contributed by atoms with van der Waals surface area (Å²) in [5.41, 5.74) is 7.60. The molecule has 2 aromatic heterocycles. The maximum atomic E-state index is 12.4. The van der Waals surface area contributed by atoms with Crippen molar-refractivity contribution < 1.29 is 4.79 Å². The number of nitrogens with two attached hydrogens (primary N) is 1. The average Bonchev–Trinajstić information content (AvgIpc) is 3.07. The van der Waals surface area contributed by atoms with Crippen LogP contribution < -0.4 is 11.1 Å². The third-order valence-electron chi connectivity index (χ3n) is 3.52. The van der Waals surface area contributed by atoms with Crippen LogP contribution >= 0.6 is 22.7 Å². The van der Waals surface area contributed by atoms with Crippen molar-refractivity contribution in [2.45, 2.75) is 31.7 Å². The van der Waals surface area contributed by atoms with Crippen LogP contribution in [0.5, 0.6) is 0 Å². The Balaban J connectivity index is 1.87. The molecule has 3 rings (SSSR count). The minimum Gasteiger partial charge on any atom is -0.390 e. The van der Waals surface area contributed by atoms with Gasteiger partial charge in [0.1, 0.15) is 0 Å². The number of thiophene rings is 2. The number of carbonyl (C=O) groups excluding carboxylic acids is 1. The van der Waals surface area contributed by atoms with E-state index in [1.54, 1.807) is 11.3 Å². The number of amides is 1. The molecule has 3 nitrogen and oxygen atoms in total. The fourth-order valence-corrected chi connectivity index (χ4v) is 4.18. The topological polar surface area (TPSA) is 55.1 Å². The Morgan fingerprint density at radius 3 is 2.79 bits per heavy atom. The molecule has 0 saturated heterocycles. The molecule has 0 unspecified atom stereocenters. The number of nitrogens with one attached hydrogen (secondary N) is 1. The van der Waals surface area contributed by atoms with Crippen LogP contribution in [0.15, 0.2) is 22.9 Å². The molecule has 0 bridgehead atoms. The van der Waals surface area contributed by atoms with Gasteiger partial charge in [0.25, 0.3) is 5.91 Å². The van der Waals surface area contributed by atoms with Gasteiger partial charge in [-0.3, -0.25) is 4.79 Å². The van der Waals surface area contributed by atoms with E-state index in [0.717, 1.165) is 23.3 Å². The van der Waals surface area contributed by atoms with Gasteiger partial charge in [0.15, 0.2) is 0 Å². The first-order valence-electron chi connectivity index (χ1n) is 6.47. The van der Waals surface area contributed by atoms with E-state index in [9.17, 15) is 4.79 Å². The Morgan fingerprint density at radius 2 is 2.11 bits per heavy atom. The largest absolute Gasteiger partial charge is 0.390 e. The molecule has 0 spiro atoms. The molecule has 1 amide bonds. The average molecular weight is 292 g/mol. The number of carbonyl (C=O) groups is 1. The molecule has 0 aliphatic heterocycles. The van der Waals surface area contributed by atoms with Gasteiger partial charge in [0, 0.05) is 21.9 Å². The van der Waals surface area contributed by atoms with E-state index >= 15 is 0 Å². The summed E-state index contributed by atoms with van der Waals surface area (Å²) >= 11 is 3.07. The van der Waals surface area contributed by atoms with Crippen molar-refractivity contribution >= 4 is 33.6 Å². The Bertz CT molecular complexity index is 568. The van der Waals surface area contributed by atoms with E-state index in [4.69, 9.17) is 5.73 Å². The number of rotatable bonds is 3. The van der Waals surface area contributed by atoms with E-state index in [2.05, 4.69) is 5.32 Å². The first kappa shape index (κ1) is 12.7. The predicted octanol–water partition coefficient (Wildman–Crippen LogP) is 3.73. The summed E-state index contributed by atoms with van der Waals surface area (Å²) in [7, 11) is 0. The molecular weight excluding hydrogens is 276 g/mol. The molecule has 5 heteroatoms. The van der Waals surface area contributed by atoms with Crippen LogP contribution in [0.25, 0.3) is 10.4 Å². The van der Waals surface area contributed by atoms with E-state index in [-0.39, 0.29) is 5.91 Å². The lowest BCUT2D eigenvalue weighted by Gasteiger charge is -2.12. The molecular formula is C14H16N2OS2. The molecule has 1 saturated carbocycles. The van der Waals surface area contributed by atoms with Gasteiger partial charge in [-0.25, -0.2) is 0 Å². The molecule has 100 valence electrons. The zero-order chi connectivity index (χ0) is 13.2. The van der Waals surface area contributed by atoms with Crippen molar-refractivity contribution in [2.75, 3.05) is 5.73 Å². The molecule has 1 fully saturated rings. The molecule has 0 radical (unpaired) electrons. The third kappa shape index (κ3) is 2.53. The summed E-state index contributed by atoms with van der Waals surface area (Å²) in [6.45, 7) is 0. The number of nitrogen functional groups attached to an aromatic ring is 1. The second-order valence-corrected chi connectivity index (χ2v) is 6.68. The van der Waals surface area contributed by atoms with Crippen LogP contribution in [0.2, 0.25) is 0 Å². The van der Waals surface area contributed by atoms with Gasteiger partial charge in [-0.05, 0) is 24.3 Å². The molecule has 0 atom stereocenters. The summed E-state index contributed by atoms with van der Waals surface area (Å²) in [4.78, 5) is 13.5. The zero-order valence-electron chi connectivity index (χ0n) is 10.5. The SMILES string of the molecule is Nc1scc(-c2cccs2)c1C(=O)NC1CCCC1. The third-order valence-corrected chi connectivity index (χ3v) is 5.24. The second-order valence-electron chi connectivity index (χ2n) is 4.82. The lowest BCUT2D eigenvalue weighted by atomic mass is 10.1. The van der Waals surface area contributed by atoms with Gasteiger partial charge in [-0.2, -0.15) is 0 Å². The van der Waals surface area contributed by atoms with Crippen LogP contribution in [0.4, 0.5) is 5.00 Å². The minimum absolute atomic E-state index is 0.0194. The Kier molecular flexibility index (Phi) is 3.57. The summed E-state index contributed by atoms with van der Waals surface area (Å²) < 4.78 is 0. The van der Waals surface area contributed by atoms with Crippen LogP contribution in [0.3, 0.4) is 0 Å². The lowest BCUT2D eigenvalue weighted by Crippen LogP contribution is -2.32. The number of anilines is 1. The molecule has 0 aromatic carbocycles. The molecule has 1 aliphatic rings. The summed E-state index contributed by atoms with van der Waals surface area (Å²) in [5.74, 6) is -0.0194. The first-order chi connectivity index (χ1) is 9.25. The van der Waals surface area contributed by atoms with Crippen LogP contribution in [0, 0.1) is 0 Å². The highest BCUT2D eigenvalue weighted by atomic mass is 32.1. The van der Waals surface area contributed by atoms with Crippen LogP contribution in [-0.2, 0) is 0 Å². The monoisotopic (exact) mass is 292 g/mol. The summed E-state index contributed by atoms with van der Waals surface area (Å²) in [6.07, 6.45) is 4.60. The normalized spacial score (nSPS) is 15.8. The highest BCUT2D eigenvalue weighted by molar-refractivity contribution is 7.16. The van der Waals surface area contributed by atoms with Crippen molar-refractivity contribution in [1.29, 1.82) is 0 Å². The Morgan fingerprint density at radius 1 is 1.32 bits per heavy atom. The van der Waals surface area contributed by atoms with Crippen molar-refractivity contribution in [3.05, 3.63) is 28.5 Å². The van der Waals surface area contributed by atoms with Gasteiger partial charge in [-0.15, -0.1) is 22.7 Å². The number of hydrogen-bond donors (Lipinski definition) is 2. The van der Waals surface area contributed by atoms with Gasteiger partial charge in [0.05, 0.1) is 10.6 Å². The predicted molar refractivity (Wildman–Crippen MR) is 81.8 cm³/mol. The lowest BCUT2D eigenvalue weighted by molar-refractivity contribution is 0.0940. The Labute approximate surface area is 120 Å². The highest BCUT2D eigenvalue weighted by Gasteiger charge is 2.23. The molecule has 2 aromatic rings. The smallest absolute Gasteiger partial charge is 0.255 e. The Hall–Kier alpha value is -1.33. The van der Waals surface area contributed by atoms with Crippen LogP contribution in [-0.4, -0.2) is 11.9 Å². The maximum Gasteiger partial charge on any atom is 0.255 e. The van der Waals surface area contributed by atoms with Crippen molar-refractivity contribution in [3.8, 4) is 10.4 Å². The fourth-order valence-electron chi connectivity index (χ4n) is 2.55. The summed E-state index contributed by atoms with van der Waals surface area (Å²) in [5, 5.41) is 7.72. The fraction of sp³-hybridized carbons (Fsp3) is 0.357. The van der Waals surface area contributed by atoms with E-state index in [0.29, 0.717) is 16.6 Å². The molecule has 2 heterocycles. The quantitative estimate of drug-likeness (QED) is 0.905. The van der Waals surface area contributed by atoms with E-state index in [1.807, 2.05) is 22.9 Å². The standard InChI is InChI=1S/C14H16N2OS2/c15-13-12(14(17)16-9-4-1-2-5-9)10(8-19-13)11-6-3-7-18-11/h3,6-9H,1-2,4-5,15H2,(H,16,17). The van der Waals surface area contributed by atoms with Gasteiger partial charge < -0.3 is 11.1 Å². The second kappa shape index (κ2) is 5.35. The van der Waals surface area contributed by atoms with Gasteiger partial charge >= 0.3 is 0 Å². The van der Waals surface area contributed by atoms with Crippen molar-refractivity contribution in [3.63, 3.8) is 0 Å². The van der Waals surface area contributed by atoms with Gasteiger partial charge in [-0.1, -0.05) is 18.9 Å². The van der Waals surface area contributed by atoms with Crippen LogP contribution in [0.1, 0.15) is 36.0 Å². The van der Waals surface area contributed by atoms with Crippen molar-refractivity contribution in [1.82, 2.24) is 5.32 Å². The molecule has 3 N–H and O–H groups in total. The maximum absolute atomic E-state index is 12.4. The van der Waals surface area contributed by atoms with E-state index in [1.165, 1.54) is 24.2 Å². The summed E-state index contributed by atoms with van der Waals surface area (Å²) in [6, 6.07) is 4.34. The van der Waals surface area contributed by atoms with E-state index < -0.39 is 0 Å². The molecule has 19 heavy (non-hydrogen) atoms. The highest BCUT2D eigenvalue weighted by Crippen LogP contribution is 2.36. The zero-order valence-corrected chi connectivity index (χ0v) is 12.2. The van der Waals surface area contributed by atoms with Crippen molar-refractivity contribution in [2.24, 2.45) is 0 Å². The number of hydrogen-bond acceptors (Lipinski definition) is 4. The first-order valence-corrected chi connectivity index (χ1v) is 8.23. The minimum atomic E-state index is -0.0194. The van der Waals surface area contributed by atoms with Gasteiger partial charge in [0.2, 0.25) is 0 Å².